The fourth-order valence-electron chi connectivity index (χ4n) is 1.67. The number of thioether (sulfide) groups is 1. The molecule has 0 amide bonds. The summed E-state index contributed by atoms with van der Waals surface area (Å²) < 4.78 is 10.7. The van der Waals surface area contributed by atoms with E-state index < -0.39 is 0 Å². The quantitative estimate of drug-likeness (QED) is 0.167. The van der Waals surface area contributed by atoms with Crippen LogP contribution in [0.15, 0.2) is 40.5 Å². The molecule has 0 bridgehead atoms. The van der Waals surface area contributed by atoms with Crippen molar-refractivity contribution in [2.24, 2.45) is 4.99 Å². The Kier molecular flexibility index (Phi) is 15.7. The van der Waals surface area contributed by atoms with Crippen LogP contribution in [0.2, 0.25) is 0 Å². The highest BCUT2D eigenvalue weighted by atomic mass is 127. The minimum atomic E-state index is 0. The van der Waals surface area contributed by atoms with E-state index in [2.05, 4.69) is 29.1 Å². The van der Waals surface area contributed by atoms with Gasteiger partial charge in [-0.05, 0) is 25.5 Å². The maximum Gasteiger partial charge on any atom is 0.191 e. The van der Waals surface area contributed by atoms with Gasteiger partial charge in [-0.15, -0.1) is 30.6 Å². The molecule has 0 saturated carbocycles. The van der Waals surface area contributed by atoms with E-state index in [9.17, 15) is 0 Å². The minimum Gasteiger partial charge on any atom is -0.467 e. The number of hydrogen-bond donors (Lipinski definition) is 2. The number of guanidine groups is 1. The van der Waals surface area contributed by atoms with E-state index in [-0.39, 0.29) is 24.0 Å². The summed E-state index contributed by atoms with van der Waals surface area (Å²) in [5, 5.41) is 6.56. The van der Waals surface area contributed by atoms with Crippen LogP contribution in [0.1, 0.15) is 19.1 Å². The summed E-state index contributed by atoms with van der Waals surface area (Å²) in [6, 6.07) is 3.78. The highest BCUT2D eigenvalue weighted by Gasteiger charge is 1.97. The first-order valence-electron chi connectivity index (χ1n) is 7.67. The molecule has 132 valence electrons. The summed E-state index contributed by atoms with van der Waals surface area (Å²) in [4.78, 5) is 4.53. The smallest absolute Gasteiger partial charge is 0.191 e. The third kappa shape index (κ3) is 12.4. The monoisotopic (exact) mass is 453 g/mol. The van der Waals surface area contributed by atoms with Crippen LogP contribution in [-0.2, 0) is 11.3 Å². The molecular formula is C16H28IN3O2S. The van der Waals surface area contributed by atoms with Crippen molar-refractivity contribution < 1.29 is 9.15 Å². The minimum absolute atomic E-state index is 0. The Bertz CT molecular complexity index is 413. The van der Waals surface area contributed by atoms with Crippen molar-refractivity contribution in [3.05, 3.63) is 36.8 Å². The first-order chi connectivity index (χ1) is 10.9. The fraction of sp³-hybridized carbons (Fsp3) is 0.562. The molecule has 0 aliphatic heterocycles. The lowest BCUT2D eigenvalue weighted by atomic mass is 10.4. The summed E-state index contributed by atoms with van der Waals surface area (Å²) in [5.41, 5.74) is 0. The molecule has 1 aromatic rings. The topological polar surface area (TPSA) is 58.8 Å². The van der Waals surface area contributed by atoms with Gasteiger partial charge in [0.25, 0.3) is 0 Å². The van der Waals surface area contributed by atoms with Crippen molar-refractivity contribution in [2.75, 3.05) is 37.7 Å². The fourth-order valence-corrected chi connectivity index (χ4v) is 2.25. The van der Waals surface area contributed by atoms with E-state index in [1.807, 2.05) is 30.0 Å². The van der Waals surface area contributed by atoms with E-state index in [1.54, 1.807) is 6.26 Å². The number of nitrogens with zero attached hydrogens (tertiary/aromatic N) is 1. The van der Waals surface area contributed by atoms with Crippen LogP contribution in [0.5, 0.6) is 0 Å². The van der Waals surface area contributed by atoms with E-state index in [1.165, 1.54) is 0 Å². The highest BCUT2D eigenvalue weighted by Crippen LogP contribution is 2.01. The normalized spacial score (nSPS) is 10.9. The van der Waals surface area contributed by atoms with Gasteiger partial charge in [-0.1, -0.05) is 6.08 Å². The summed E-state index contributed by atoms with van der Waals surface area (Å²) in [7, 11) is 0. The van der Waals surface area contributed by atoms with Crippen molar-refractivity contribution in [3.63, 3.8) is 0 Å². The Morgan fingerprint density at radius 2 is 2.35 bits per heavy atom. The van der Waals surface area contributed by atoms with Crippen LogP contribution in [0.3, 0.4) is 0 Å². The standard InChI is InChI=1S/C16H27N3O2S.HI/c1-3-12-22-13-9-19-16(17-4-2)18-8-6-10-20-14-15-7-5-11-21-15;/h3,5,7,11H,1,4,6,8-10,12-14H2,2H3,(H2,17,18,19);1H. The average molecular weight is 453 g/mol. The third-order valence-corrected chi connectivity index (χ3v) is 3.62. The lowest BCUT2D eigenvalue weighted by molar-refractivity contribution is 0.105. The van der Waals surface area contributed by atoms with Gasteiger partial charge in [0.1, 0.15) is 12.4 Å². The number of ether oxygens (including phenoxy) is 1. The van der Waals surface area contributed by atoms with Crippen molar-refractivity contribution in [3.8, 4) is 0 Å². The Labute approximate surface area is 160 Å². The van der Waals surface area contributed by atoms with Crippen molar-refractivity contribution in [1.82, 2.24) is 10.6 Å². The third-order valence-electron chi connectivity index (χ3n) is 2.66. The summed E-state index contributed by atoms with van der Waals surface area (Å²) in [6.07, 6.45) is 4.47. The van der Waals surface area contributed by atoms with Gasteiger partial charge in [-0.2, -0.15) is 11.8 Å². The van der Waals surface area contributed by atoms with Gasteiger partial charge in [0.2, 0.25) is 0 Å². The number of hydrogen-bond acceptors (Lipinski definition) is 4. The second-order valence-electron chi connectivity index (χ2n) is 4.54. The number of rotatable bonds is 12. The van der Waals surface area contributed by atoms with Gasteiger partial charge in [-0.25, -0.2) is 0 Å². The Balaban J connectivity index is 0.00000484. The Hall–Kier alpha value is -0.670. The van der Waals surface area contributed by atoms with Gasteiger partial charge < -0.3 is 19.8 Å². The Morgan fingerprint density at radius 3 is 3.04 bits per heavy atom. The largest absolute Gasteiger partial charge is 0.467 e. The molecule has 0 spiro atoms. The molecule has 0 aromatic carbocycles. The molecule has 23 heavy (non-hydrogen) atoms. The van der Waals surface area contributed by atoms with Crippen LogP contribution in [0.25, 0.3) is 0 Å². The van der Waals surface area contributed by atoms with Crippen LogP contribution in [0, 0.1) is 0 Å². The lowest BCUT2D eigenvalue weighted by Crippen LogP contribution is -2.38. The maximum absolute atomic E-state index is 5.53. The van der Waals surface area contributed by atoms with Gasteiger partial charge in [0, 0.05) is 37.7 Å². The number of aliphatic imine (C=N–C) groups is 1. The van der Waals surface area contributed by atoms with Crippen LogP contribution < -0.4 is 10.6 Å². The molecule has 0 radical (unpaired) electrons. The second kappa shape index (κ2) is 16.2. The van der Waals surface area contributed by atoms with E-state index >= 15 is 0 Å². The number of furan rings is 1. The van der Waals surface area contributed by atoms with Crippen molar-refractivity contribution in [2.45, 2.75) is 20.0 Å². The Morgan fingerprint density at radius 1 is 1.48 bits per heavy atom. The lowest BCUT2D eigenvalue weighted by Gasteiger charge is -2.10. The molecule has 0 saturated heterocycles. The molecule has 0 aliphatic carbocycles. The second-order valence-corrected chi connectivity index (χ2v) is 5.69. The summed E-state index contributed by atoms with van der Waals surface area (Å²) in [5.74, 6) is 3.76. The molecule has 0 atom stereocenters. The average Bonchev–Trinajstić information content (AvgIpc) is 3.03. The molecule has 0 fully saturated rings. The van der Waals surface area contributed by atoms with Crippen LogP contribution in [-0.4, -0.2) is 43.7 Å². The van der Waals surface area contributed by atoms with E-state index in [0.717, 1.165) is 49.3 Å². The van der Waals surface area contributed by atoms with Gasteiger partial charge in [-0.3, -0.25) is 4.99 Å². The molecule has 0 aliphatic rings. The maximum atomic E-state index is 5.53. The van der Waals surface area contributed by atoms with Crippen LogP contribution in [0.4, 0.5) is 0 Å². The number of nitrogens with one attached hydrogen (secondary N) is 2. The summed E-state index contributed by atoms with van der Waals surface area (Å²) in [6.45, 7) is 9.48. The zero-order valence-electron chi connectivity index (χ0n) is 13.8. The molecule has 1 heterocycles. The van der Waals surface area contributed by atoms with Gasteiger partial charge in [0.15, 0.2) is 5.96 Å². The van der Waals surface area contributed by atoms with Crippen LogP contribution >= 0.6 is 35.7 Å². The van der Waals surface area contributed by atoms with E-state index in [4.69, 9.17) is 9.15 Å². The highest BCUT2D eigenvalue weighted by molar-refractivity contribution is 14.0. The van der Waals surface area contributed by atoms with E-state index in [0.29, 0.717) is 13.2 Å². The molecule has 1 aromatic heterocycles. The first-order valence-corrected chi connectivity index (χ1v) is 8.83. The SMILES string of the molecule is C=CCSCCNC(=NCCCOCc1ccco1)NCC.I. The first kappa shape index (κ1) is 22.3. The molecule has 0 unspecified atom stereocenters. The van der Waals surface area contributed by atoms with Gasteiger partial charge in [0.05, 0.1) is 6.26 Å². The zero-order chi connectivity index (χ0) is 15.9. The van der Waals surface area contributed by atoms with Crippen molar-refractivity contribution in [1.29, 1.82) is 0 Å². The van der Waals surface area contributed by atoms with Gasteiger partial charge >= 0.3 is 0 Å². The predicted octanol–water partition coefficient (Wildman–Crippen LogP) is 3.28. The molecule has 7 heteroatoms. The molecule has 5 nitrogen and oxygen atoms in total. The molecule has 1 rings (SSSR count). The molecule has 2 N–H and O–H groups in total. The molecular weight excluding hydrogens is 425 g/mol. The van der Waals surface area contributed by atoms with Crippen molar-refractivity contribution >= 4 is 41.7 Å². The predicted molar refractivity (Wildman–Crippen MR) is 110 cm³/mol. The number of halogens is 1. The zero-order valence-corrected chi connectivity index (χ0v) is 16.9. The summed E-state index contributed by atoms with van der Waals surface area (Å²) >= 11 is 1.85.